The van der Waals surface area contributed by atoms with Gasteiger partial charge < -0.3 is 15.7 Å². The zero-order valence-electron chi connectivity index (χ0n) is 9.59. The van der Waals surface area contributed by atoms with E-state index in [0.29, 0.717) is 19.4 Å². The molecule has 0 radical (unpaired) electrons. The number of amides is 2. The molecule has 0 atom stereocenters. The highest BCUT2D eigenvalue weighted by molar-refractivity contribution is 5.74. The minimum absolute atomic E-state index is 0.155. The van der Waals surface area contributed by atoms with Gasteiger partial charge in [0.15, 0.2) is 0 Å². The first-order valence-corrected chi connectivity index (χ1v) is 5.09. The largest absolute Gasteiger partial charge is 0.481 e. The van der Waals surface area contributed by atoms with E-state index in [4.69, 9.17) is 5.11 Å². The molecule has 0 aromatic heterocycles. The minimum Gasteiger partial charge on any atom is -0.481 e. The number of carbonyl (C=O) groups is 2. The molecule has 0 aliphatic rings. The van der Waals surface area contributed by atoms with Gasteiger partial charge in [0.05, 0.1) is 0 Å². The zero-order valence-corrected chi connectivity index (χ0v) is 9.59. The zero-order chi connectivity index (χ0) is 11.9. The normalized spacial score (nSPS) is 10.9. The Balaban J connectivity index is 3.44. The SMILES string of the molecule is CC(C)(C)NC(=O)NCCCCC(=O)O. The lowest BCUT2D eigenvalue weighted by atomic mass is 10.1. The van der Waals surface area contributed by atoms with Crippen LogP contribution in [-0.2, 0) is 4.79 Å². The maximum Gasteiger partial charge on any atom is 0.315 e. The van der Waals surface area contributed by atoms with E-state index < -0.39 is 5.97 Å². The maximum absolute atomic E-state index is 11.2. The maximum atomic E-state index is 11.2. The van der Waals surface area contributed by atoms with E-state index in [-0.39, 0.29) is 18.0 Å². The number of carbonyl (C=O) groups excluding carboxylic acids is 1. The number of unbranched alkanes of at least 4 members (excludes halogenated alkanes) is 1. The predicted octanol–water partition coefficient (Wildman–Crippen LogP) is 1.34. The molecule has 0 rings (SSSR count). The van der Waals surface area contributed by atoms with Crippen LogP contribution in [0.5, 0.6) is 0 Å². The molecule has 3 N–H and O–H groups in total. The molecule has 0 unspecified atom stereocenters. The first-order chi connectivity index (χ1) is 6.81. The standard InChI is InChI=1S/C10H20N2O3/c1-10(2,3)12-9(15)11-7-5-4-6-8(13)14/h4-7H2,1-3H3,(H,13,14)(H2,11,12,15). The lowest BCUT2D eigenvalue weighted by Crippen LogP contribution is -2.46. The Morgan fingerprint density at radius 1 is 1.20 bits per heavy atom. The molecule has 5 heteroatoms. The summed E-state index contributed by atoms with van der Waals surface area (Å²) in [6, 6.07) is -0.210. The van der Waals surface area contributed by atoms with E-state index in [1.807, 2.05) is 20.8 Å². The molecular formula is C10H20N2O3. The summed E-state index contributed by atoms with van der Waals surface area (Å²) >= 11 is 0. The van der Waals surface area contributed by atoms with Crippen molar-refractivity contribution in [3.8, 4) is 0 Å². The molecule has 0 bridgehead atoms. The number of hydrogen-bond donors (Lipinski definition) is 3. The van der Waals surface area contributed by atoms with Gasteiger partial charge in [-0.3, -0.25) is 4.79 Å². The second-order valence-electron chi connectivity index (χ2n) is 4.48. The van der Waals surface area contributed by atoms with E-state index in [1.54, 1.807) is 0 Å². The van der Waals surface area contributed by atoms with Gasteiger partial charge >= 0.3 is 12.0 Å². The Kier molecular flexibility index (Phi) is 5.74. The van der Waals surface area contributed by atoms with Gasteiger partial charge in [-0.2, -0.15) is 0 Å². The smallest absolute Gasteiger partial charge is 0.315 e. The summed E-state index contributed by atoms with van der Waals surface area (Å²) in [5.74, 6) is -0.797. The molecule has 0 fully saturated rings. The second kappa shape index (κ2) is 6.27. The summed E-state index contributed by atoms with van der Waals surface area (Å²) < 4.78 is 0. The van der Waals surface area contributed by atoms with Crippen molar-refractivity contribution in [2.24, 2.45) is 0 Å². The fraction of sp³-hybridized carbons (Fsp3) is 0.800. The molecule has 15 heavy (non-hydrogen) atoms. The van der Waals surface area contributed by atoms with Crippen molar-refractivity contribution in [1.29, 1.82) is 0 Å². The van der Waals surface area contributed by atoms with E-state index >= 15 is 0 Å². The molecule has 0 aliphatic heterocycles. The number of hydrogen-bond acceptors (Lipinski definition) is 2. The van der Waals surface area contributed by atoms with Gasteiger partial charge in [0.2, 0.25) is 0 Å². The molecule has 0 saturated carbocycles. The Bertz CT molecular complexity index is 221. The average Bonchev–Trinajstić information content (AvgIpc) is 1.99. The van der Waals surface area contributed by atoms with Crippen LogP contribution >= 0.6 is 0 Å². The Hall–Kier alpha value is -1.26. The third-order valence-electron chi connectivity index (χ3n) is 1.59. The quantitative estimate of drug-likeness (QED) is 0.607. The number of carboxylic acids is 1. The van der Waals surface area contributed by atoms with Crippen molar-refractivity contribution in [2.75, 3.05) is 6.54 Å². The van der Waals surface area contributed by atoms with Crippen molar-refractivity contribution in [3.05, 3.63) is 0 Å². The van der Waals surface area contributed by atoms with Gasteiger partial charge in [0.25, 0.3) is 0 Å². The van der Waals surface area contributed by atoms with Crippen LogP contribution in [0.4, 0.5) is 4.79 Å². The number of nitrogens with one attached hydrogen (secondary N) is 2. The molecule has 0 aromatic carbocycles. The Morgan fingerprint density at radius 3 is 2.27 bits per heavy atom. The van der Waals surface area contributed by atoms with Crippen LogP contribution < -0.4 is 10.6 Å². The molecule has 0 aliphatic carbocycles. The van der Waals surface area contributed by atoms with E-state index in [0.717, 1.165) is 0 Å². The fourth-order valence-electron chi connectivity index (χ4n) is 0.988. The summed E-state index contributed by atoms with van der Waals surface area (Å²) in [4.78, 5) is 21.4. The predicted molar refractivity (Wildman–Crippen MR) is 57.8 cm³/mol. The van der Waals surface area contributed by atoms with E-state index in [2.05, 4.69) is 10.6 Å². The number of rotatable bonds is 5. The monoisotopic (exact) mass is 216 g/mol. The third kappa shape index (κ3) is 10.7. The van der Waals surface area contributed by atoms with Crippen LogP contribution in [-0.4, -0.2) is 29.2 Å². The van der Waals surface area contributed by atoms with Crippen LogP contribution in [0, 0.1) is 0 Å². The van der Waals surface area contributed by atoms with Crippen molar-refractivity contribution >= 4 is 12.0 Å². The Labute approximate surface area is 90.2 Å². The van der Waals surface area contributed by atoms with Gasteiger partial charge in [-0.15, -0.1) is 0 Å². The van der Waals surface area contributed by atoms with Crippen LogP contribution in [0.3, 0.4) is 0 Å². The first-order valence-electron chi connectivity index (χ1n) is 5.09. The highest BCUT2D eigenvalue weighted by Crippen LogP contribution is 1.98. The molecule has 0 aromatic rings. The number of urea groups is 1. The summed E-state index contributed by atoms with van der Waals surface area (Å²) in [7, 11) is 0. The topological polar surface area (TPSA) is 78.4 Å². The third-order valence-corrected chi connectivity index (χ3v) is 1.59. The second-order valence-corrected chi connectivity index (χ2v) is 4.48. The van der Waals surface area contributed by atoms with E-state index in [1.165, 1.54) is 0 Å². The van der Waals surface area contributed by atoms with Gasteiger partial charge in [-0.05, 0) is 33.6 Å². The lowest BCUT2D eigenvalue weighted by molar-refractivity contribution is -0.137. The van der Waals surface area contributed by atoms with Crippen molar-refractivity contribution in [1.82, 2.24) is 10.6 Å². The molecule has 0 saturated heterocycles. The highest BCUT2D eigenvalue weighted by atomic mass is 16.4. The molecule has 5 nitrogen and oxygen atoms in total. The van der Waals surface area contributed by atoms with Crippen molar-refractivity contribution in [2.45, 2.75) is 45.6 Å². The number of aliphatic carboxylic acids is 1. The summed E-state index contributed by atoms with van der Waals surface area (Å²) in [6.07, 6.45) is 1.43. The van der Waals surface area contributed by atoms with Gasteiger partial charge in [-0.1, -0.05) is 0 Å². The van der Waals surface area contributed by atoms with Crippen molar-refractivity contribution < 1.29 is 14.7 Å². The summed E-state index contributed by atoms with van der Waals surface area (Å²) in [6.45, 7) is 6.21. The number of carboxylic acid groups (broad SMARTS) is 1. The lowest BCUT2D eigenvalue weighted by Gasteiger charge is -2.20. The molecule has 0 spiro atoms. The fourth-order valence-corrected chi connectivity index (χ4v) is 0.988. The highest BCUT2D eigenvalue weighted by Gasteiger charge is 2.12. The Morgan fingerprint density at radius 2 is 1.80 bits per heavy atom. The minimum atomic E-state index is -0.797. The van der Waals surface area contributed by atoms with Crippen LogP contribution in [0.1, 0.15) is 40.0 Å². The molecule has 88 valence electrons. The van der Waals surface area contributed by atoms with Crippen molar-refractivity contribution in [3.63, 3.8) is 0 Å². The average molecular weight is 216 g/mol. The van der Waals surface area contributed by atoms with Gasteiger partial charge in [0.1, 0.15) is 0 Å². The van der Waals surface area contributed by atoms with Crippen LogP contribution in [0.2, 0.25) is 0 Å². The van der Waals surface area contributed by atoms with Crippen LogP contribution in [0.25, 0.3) is 0 Å². The molecular weight excluding hydrogens is 196 g/mol. The molecule has 0 heterocycles. The van der Waals surface area contributed by atoms with Gasteiger partial charge in [-0.25, -0.2) is 4.79 Å². The summed E-state index contributed by atoms with van der Waals surface area (Å²) in [5, 5.41) is 13.8. The van der Waals surface area contributed by atoms with Gasteiger partial charge in [0, 0.05) is 18.5 Å². The molecule has 2 amide bonds. The summed E-state index contributed by atoms with van der Waals surface area (Å²) in [5.41, 5.74) is -0.245. The van der Waals surface area contributed by atoms with Crippen LogP contribution in [0.15, 0.2) is 0 Å². The first kappa shape index (κ1) is 13.7. The van der Waals surface area contributed by atoms with E-state index in [9.17, 15) is 9.59 Å².